The number of nitrogens with one attached hydrogen (secondary N) is 1. The summed E-state index contributed by atoms with van der Waals surface area (Å²) in [6, 6.07) is 5.97. The molecule has 1 aromatic carbocycles. The number of allylic oxidation sites excluding steroid dienone is 1. The third-order valence-corrected chi connectivity index (χ3v) is 3.47. The van der Waals surface area contributed by atoms with E-state index in [2.05, 4.69) is 18.3 Å². The van der Waals surface area contributed by atoms with Crippen LogP contribution in [0.5, 0.6) is 0 Å². The van der Waals surface area contributed by atoms with Gasteiger partial charge in [0.2, 0.25) is 5.91 Å². The van der Waals surface area contributed by atoms with Gasteiger partial charge in [-0.05, 0) is 44.0 Å². The number of aliphatic hydroxyl groups is 1. The Morgan fingerprint density at radius 2 is 2.00 bits per heavy atom. The minimum atomic E-state index is -0.0310. The van der Waals surface area contributed by atoms with Crippen LogP contribution in [-0.4, -0.2) is 35.6 Å². The van der Waals surface area contributed by atoms with Crippen LogP contribution in [0.3, 0.4) is 0 Å². The normalized spacial score (nSPS) is 10.9. The van der Waals surface area contributed by atoms with Gasteiger partial charge in [-0.1, -0.05) is 37.6 Å². The maximum atomic E-state index is 12.3. The highest BCUT2D eigenvalue weighted by atomic mass is 16.3. The van der Waals surface area contributed by atoms with Crippen LogP contribution in [0.4, 0.5) is 5.69 Å². The van der Waals surface area contributed by atoms with Gasteiger partial charge in [0, 0.05) is 18.8 Å². The van der Waals surface area contributed by atoms with Gasteiger partial charge in [0.25, 0.3) is 0 Å². The molecule has 0 atom stereocenters. The van der Waals surface area contributed by atoms with E-state index in [0.717, 1.165) is 29.7 Å². The molecule has 122 valence electrons. The zero-order valence-corrected chi connectivity index (χ0v) is 13.9. The molecule has 0 aromatic heterocycles. The predicted octanol–water partition coefficient (Wildman–Crippen LogP) is 3.24. The summed E-state index contributed by atoms with van der Waals surface area (Å²) in [7, 11) is 0. The Morgan fingerprint density at radius 1 is 1.32 bits per heavy atom. The zero-order valence-electron chi connectivity index (χ0n) is 13.9. The van der Waals surface area contributed by atoms with Gasteiger partial charge in [-0.2, -0.15) is 0 Å². The summed E-state index contributed by atoms with van der Waals surface area (Å²) in [5.41, 5.74) is 3.03. The molecular formula is C18H28N2O2. The van der Waals surface area contributed by atoms with E-state index in [9.17, 15) is 4.79 Å². The zero-order chi connectivity index (χ0) is 16.4. The Kier molecular flexibility index (Phi) is 8.30. The summed E-state index contributed by atoms with van der Waals surface area (Å²) in [6.45, 7) is 7.22. The number of benzene rings is 1. The van der Waals surface area contributed by atoms with E-state index in [1.807, 2.05) is 43.1 Å². The standard InChI is InChI=1S/C18H28N2O2/c1-4-5-6-11-20(12-8-13-21)14-17(22)19-18-15(2)9-7-10-16(18)3/h6-7,9-11,21H,4-5,8,12-14H2,1-3H3,(H,19,22)/b11-6-. The lowest BCUT2D eigenvalue weighted by molar-refractivity contribution is -0.116. The summed E-state index contributed by atoms with van der Waals surface area (Å²) in [6.07, 6.45) is 6.77. The molecule has 1 aromatic rings. The molecule has 0 aliphatic carbocycles. The van der Waals surface area contributed by atoms with E-state index in [1.54, 1.807) is 0 Å². The van der Waals surface area contributed by atoms with E-state index in [-0.39, 0.29) is 12.5 Å². The van der Waals surface area contributed by atoms with E-state index in [4.69, 9.17) is 5.11 Å². The summed E-state index contributed by atoms with van der Waals surface area (Å²) < 4.78 is 0. The first-order valence-corrected chi connectivity index (χ1v) is 7.96. The van der Waals surface area contributed by atoms with Crippen LogP contribution in [0.1, 0.15) is 37.3 Å². The van der Waals surface area contributed by atoms with Crippen molar-refractivity contribution in [1.29, 1.82) is 0 Å². The fourth-order valence-corrected chi connectivity index (χ4v) is 2.25. The SMILES string of the molecule is CCC/C=C\N(CCCO)CC(=O)Nc1c(C)cccc1C. The molecule has 0 aliphatic heterocycles. The molecule has 0 saturated heterocycles. The van der Waals surface area contributed by atoms with Crippen LogP contribution in [0.15, 0.2) is 30.5 Å². The summed E-state index contributed by atoms with van der Waals surface area (Å²) in [5.74, 6) is -0.0310. The number of nitrogens with zero attached hydrogens (tertiary/aromatic N) is 1. The van der Waals surface area contributed by atoms with Crippen molar-refractivity contribution in [3.63, 3.8) is 0 Å². The van der Waals surface area contributed by atoms with Crippen LogP contribution < -0.4 is 5.32 Å². The smallest absolute Gasteiger partial charge is 0.243 e. The summed E-state index contributed by atoms with van der Waals surface area (Å²) >= 11 is 0. The molecule has 1 rings (SSSR count). The first kappa shape index (κ1) is 18.2. The monoisotopic (exact) mass is 304 g/mol. The number of carbonyl (C=O) groups excluding carboxylic acids is 1. The van der Waals surface area contributed by atoms with Crippen molar-refractivity contribution in [3.05, 3.63) is 41.6 Å². The van der Waals surface area contributed by atoms with Crippen molar-refractivity contribution in [2.75, 3.05) is 25.0 Å². The highest BCUT2D eigenvalue weighted by Crippen LogP contribution is 2.19. The van der Waals surface area contributed by atoms with Gasteiger partial charge in [0.15, 0.2) is 0 Å². The minimum absolute atomic E-state index is 0.0310. The van der Waals surface area contributed by atoms with E-state index in [0.29, 0.717) is 19.5 Å². The fraction of sp³-hybridized carbons (Fsp3) is 0.500. The number of hydrogen-bond donors (Lipinski definition) is 2. The highest BCUT2D eigenvalue weighted by molar-refractivity contribution is 5.93. The van der Waals surface area contributed by atoms with Crippen molar-refractivity contribution < 1.29 is 9.90 Å². The van der Waals surface area contributed by atoms with E-state index in [1.165, 1.54) is 0 Å². The van der Waals surface area contributed by atoms with Crippen LogP contribution >= 0.6 is 0 Å². The molecule has 1 amide bonds. The topological polar surface area (TPSA) is 52.6 Å². The van der Waals surface area contributed by atoms with E-state index >= 15 is 0 Å². The molecule has 22 heavy (non-hydrogen) atoms. The number of para-hydroxylation sites is 1. The first-order chi connectivity index (χ1) is 10.6. The second-order valence-corrected chi connectivity index (χ2v) is 5.54. The average molecular weight is 304 g/mol. The number of unbranched alkanes of at least 4 members (excludes halogenated alkanes) is 1. The second-order valence-electron chi connectivity index (χ2n) is 5.54. The van der Waals surface area contributed by atoms with Gasteiger partial charge in [-0.25, -0.2) is 0 Å². The molecule has 0 unspecified atom stereocenters. The minimum Gasteiger partial charge on any atom is -0.396 e. The average Bonchev–Trinajstić information content (AvgIpc) is 2.48. The molecular weight excluding hydrogens is 276 g/mol. The first-order valence-electron chi connectivity index (χ1n) is 7.96. The van der Waals surface area contributed by atoms with Crippen molar-refractivity contribution in [2.24, 2.45) is 0 Å². The van der Waals surface area contributed by atoms with Crippen LogP contribution in [0.25, 0.3) is 0 Å². The third kappa shape index (κ3) is 6.31. The maximum Gasteiger partial charge on any atom is 0.243 e. The van der Waals surface area contributed by atoms with Crippen LogP contribution in [0.2, 0.25) is 0 Å². The predicted molar refractivity (Wildman–Crippen MR) is 91.9 cm³/mol. The van der Waals surface area contributed by atoms with Crippen molar-refractivity contribution in [2.45, 2.75) is 40.0 Å². The summed E-state index contributed by atoms with van der Waals surface area (Å²) in [5, 5.41) is 12.0. The molecule has 0 bridgehead atoms. The number of anilines is 1. The van der Waals surface area contributed by atoms with Crippen molar-refractivity contribution >= 4 is 11.6 Å². The lowest BCUT2D eigenvalue weighted by atomic mass is 10.1. The number of rotatable bonds is 9. The van der Waals surface area contributed by atoms with Crippen LogP contribution in [-0.2, 0) is 4.79 Å². The van der Waals surface area contributed by atoms with Crippen molar-refractivity contribution in [3.8, 4) is 0 Å². The molecule has 0 aliphatic rings. The number of aliphatic hydroxyl groups excluding tert-OH is 1. The number of hydrogen-bond acceptors (Lipinski definition) is 3. The Morgan fingerprint density at radius 3 is 2.59 bits per heavy atom. The maximum absolute atomic E-state index is 12.3. The molecule has 4 nitrogen and oxygen atoms in total. The quantitative estimate of drug-likeness (QED) is 0.736. The van der Waals surface area contributed by atoms with Gasteiger partial charge in [0.1, 0.15) is 0 Å². The Labute approximate surface area is 133 Å². The fourth-order valence-electron chi connectivity index (χ4n) is 2.25. The highest BCUT2D eigenvalue weighted by Gasteiger charge is 2.10. The van der Waals surface area contributed by atoms with Gasteiger partial charge in [0.05, 0.1) is 6.54 Å². The van der Waals surface area contributed by atoms with Gasteiger partial charge in [-0.3, -0.25) is 4.79 Å². The molecule has 0 fully saturated rings. The third-order valence-electron chi connectivity index (χ3n) is 3.47. The Bertz CT molecular complexity index is 478. The molecule has 2 N–H and O–H groups in total. The molecule has 0 radical (unpaired) electrons. The number of carbonyl (C=O) groups is 1. The number of aryl methyl sites for hydroxylation is 2. The lowest BCUT2D eigenvalue weighted by Crippen LogP contribution is -2.31. The Balaban J connectivity index is 2.65. The molecule has 0 spiro atoms. The van der Waals surface area contributed by atoms with Crippen molar-refractivity contribution in [1.82, 2.24) is 4.90 Å². The second kappa shape index (κ2) is 10.0. The molecule has 0 saturated carbocycles. The largest absolute Gasteiger partial charge is 0.396 e. The van der Waals surface area contributed by atoms with Gasteiger partial charge in [-0.15, -0.1) is 0 Å². The lowest BCUT2D eigenvalue weighted by Gasteiger charge is -2.20. The van der Waals surface area contributed by atoms with Gasteiger partial charge < -0.3 is 15.3 Å². The van der Waals surface area contributed by atoms with Crippen LogP contribution in [0, 0.1) is 13.8 Å². The summed E-state index contributed by atoms with van der Waals surface area (Å²) in [4.78, 5) is 14.2. The molecule has 0 heterocycles. The van der Waals surface area contributed by atoms with Gasteiger partial charge >= 0.3 is 0 Å². The number of amides is 1. The molecule has 4 heteroatoms. The Hall–Kier alpha value is -1.81. The van der Waals surface area contributed by atoms with E-state index < -0.39 is 0 Å².